The molecule has 3 rings (SSSR count). The lowest BCUT2D eigenvalue weighted by molar-refractivity contribution is 0.113. The van der Waals surface area contributed by atoms with Crippen molar-refractivity contribution in [2.45, 2.75) is 44.1 Å². The number of aromatic nitrogens is 1. The first-order valence-corrected chi connectivity index (χ1v) is 7.32. The van der Waals surface area contributed by atoms with E-state index in [0.29, 0.717) is 18.0 Å². The van der Waals surface area contributed by atoms with Crippen LogP contribution in [0.3, 0.4) is 0 Å². The Labute approximate surface area is 113 Å². The van der Waals surface area contributed by atoms with E-state index in [9.17, 15) is 0 Å². The highest BCUT2D eigenvalue weighted by atomic mass is 35.5. The van der Waals surface area contributed by atoms with E-state index in [2.05, 4.69) is 21.7 Å². The Kier molecular flexibility index (Phi) is 3.48. The van der Waals surface area contributed by atoms with Gasteiger partial charge in [-0.05, 0) is 26.3 Å². The number of piperidine rings is 1. The van der Waals surface area contributed by atoms with Crippen molar-refractivity contribution in [2.75, 3.05) is 24.5 Å². The molecule has 0 saturated carbocycles. The SMILES string of the molecule is CC1CN2CCCCC2CN1c1nc(CCl)co1. The van der Waals surface area contributed by atoms with Crippen molar-refractivity contribution < 1.29 is 4.42 Å². The molecule has 2 saturated heterocycles. The van der Waals surface area contributed by atoms with Crippen LogP contribution in [0.5, 0.6) is 0 Å². The van der Waals surface area contributed by atoms with Crippen molar-refractivity contribution in [1.82, 2.24) is 9.88 Å². The molecule has 2 fully saturated rings. The van der Waals surface area contributed by atoms with E-state index in [-0.39, 0.29) is 0 Å². The second kappa shape index (κ2) is 5.10. The Balaban J connectivity index is 1.75. The number of anilines is 1. The summed E-state index contributed by atoms with van der Waals surface area (Å²) in [7, 11) is 0. The van der Waals surface area contributed by atoms with Crippen LogP contribution in [0.1, 0.15) is 31.9 Å². The number of halogens is 1. The third-order valence-electron chi connectivity index (χ3n) is 4.11. The van der Waals surface area contributed by atoms with Crippen LogP contribution in [0, 0.1) is 0 Å². The van der Waals surface area contributed by atoms with Gasteiger partial charge in [0.05, 0.1) is 11.6 Å². The average molecular weight is 270 g/mol. The van der Waals surface area contributed by atoms with Gasteiger partial charge in [-0.15, -0.1) is 11.6 Å². The first-order valence-electron chi connectivity index (χ1n) is 6.79. The highest BCUT2D eigenvalue weighted by Gasteiger charge is 2.34. The molecule has 2 aliphatic rings. The predicted octanol–water partition coefficient (Wildman–Crippen LogP) is 2.48. The maximum absolute atomic E-state index is 5.78. The number of nitrogens with zero attached hydrogens (tertiary/aromatic N) is 3. The molecule has 5 heteroatoms. The molecular formula is C13H20ClN3O. The van der Waals surface area contributed by atoms with Gasteiger partial charge in [-0.3, -0.25) is 4.90 Å². The number of hydrogen-bond donors (Lipinski definition) is 0. The summed E-state index contributed by atoms with van der Waals surface area (Å²) in [5.41, 5.74) is 0.824. The summed E-state index contributed by atoms with van der Waals surface area (Å²) in [4.78, 5) is 9.36. The largest absolute Gasteiger partial charge is 0.432 e. The second-order valence-electron chi connectivity index (χ2n) is 5.40. The van der Waals surface area contributed by atoms with Gasteiger partial charge in [0.25, 0.3) is 6.01 Å². The maximum Gasteiger partial charge on any atom is 0.297 e. The third-order valence-corrected chi connectivity index (χ3v) is 4.38. The summed E-state index contributed by atoms with van der Waals surface area (Å²) < 4.78 is 5.56. The van der Waals surface area contributed by atoms with Gasteiger partial charge in [-0.25, -0.2) is 0 Å². The number of rotatable bonds is 2. The first kappa shape index (κ1) is 12.3. The minimum absolute atomic E-state index is 0.418. The van der Waals surface area contributed by atoms with Crippen molar-refractivity contribution in [1.29, 1.82) is 0 Å². The molecule has 0 radical (unpaired) electrons. The van der Waals surface area contributed by atoms with E-state index in [0.717, 1.165) is 24.8 Å². The van der Waals surface area contributed by atoms with Crippen LogP contribution in [-0.4, -0.2) is 41.6 Å². The second-order valence-corrected chi connectivity index (χ2v) is 5.67. The third kappa shape index (κ3) is 2.24. The minimum Gasteiger partial charge on any atom is -0.432 e. The molecule has 3 heterocycles. The van der Waals surface area contributed by atoms with Gasteiger partial charge >= 0.3 is 0 Å². The van der Waals surface area contributed by atoms with Gasteiger partial charge in [0.15, 0.2) is 0 Å². The minimum atomic E-state index is 0.418. The standard InChI is InChI=1S/C13H20ClN3O/c1-10-7-16-5-3-2-4-12(16)8-17(10)13-15-11(6-14)9-18-13/h9-10,12H,2-8H2,1H3. The van der Waals surface area contributed by atoms with Crippen LogP contribution in [-0.2, 0) is 5.88 Å². The fraction of sp³-hybridized carbons (Fsp3) is 0.769. The van der Waals surface area contributed by atoms with Crippen molar-refractivity contribution in [2.24, 2.45) is 0 Å². The predicted molar refractivity (Wildman–Crippen MR) is 72.1 cm³/mol. The lowest BCUT2D eigenvalue weighted by Gasteiger charge is -2.46. The van der Waals surface area contributed by atoms with E-state index < -0.39 is 0 Å². The molecule has 0 bridgehead atoms. The summed E-state index contributed by atoms with van der Waals surface area (Å²) >= 11 is 5.78. The van der Waals surface area contributed by atoms with Gasteiger partial charge in [-0.1, -0.05) is 6.42 Å². The zero-order valence-corrected chi connectivity index (χ0v) is 11.6. The molecule has 0 aromatic carbocycles. The van der Waals surface area contributed by atoms with Crippen molar-refractivity contribution in [3.8, 4) is 0 Å². The first-order chi connectivity index (χ1) is 8.78. The molecule has 0 spiro atoms. The van der Waals surface area contributed by atoms with Crippen LogP contribution >= 0.6 is 11.6 Å². The number of alkyl halides is 1. The maximum atomic E-state index is 5.78. The van der Waals surface area contributed by atoms with Gasteiger partial charge in [0.2, 0.25) is 0 Å². The molecule has 2 aliphatic heterocycles. The monoisotopic (exact) mass is 269 g/mol. The zero-order chi connectivity index (χ0) is 12.5. The van der Waals surface area contributed by atoms with Crippen molar-refractivity contribution >= 4 is 17.6 Å². The van der Waals surface area contributed by atoms with E-state index in [4.69, 9.17) is 16.0 Å². The normalized spacial score (nSPS) is 29.3. The van der Waals surface area contributed by atoms with Crippen molar-refractivity contribution in [3.05, 3.63) is 12.0 Å². The lowest BCUT2D eigenvalue weighted by atomic mass is 9.97. The fourth-order valence-corrected chi connectivity index (χ4v) is 3.23. The van der Waals surface area contributed by atoms with Gasteiger partial charge in [0, 0.05) is 25.2 Å². The summed E-state index contributed by atoms with van der Waals surface area (Å²) in [6.45, 7) is 5.64. The average Bonchev–Trinajstić information content (AvgIpc) is 2.86. The summed E-state index contributed by atoms with van der Waals surface area (Å²) in [5.74, 6) is 0.418. The highest BCUT2D eigenvalue weighted by molar-refractivity contribution is 6.16. The number of piperazine rings is 1. The quantitative estimate of drug-likeness (QED) is 0.772. The molecule has 2 atom stereocenters. The summed E-state index contributed by atoms with van der Waals surface area (Å²) in [5, 5.41) is 0. The van der Waals surface area contributed by atoms with E-state index in [1.807, 2.05) is 0 Å². The van der Waals surface area contributed by atoms with E-state index in [1.165, 1.54) is 25.8 Å². The molecule has 0 amide bonds. The lowest BCUT2D eigenvalue weighted by Crippen LogP contribution is -2.59. The Morgan fingerprint density at radius 2 is 2.33 bits per heavy atom. The van der Waals surface area contributed by atoms with Crippen LogP contribution in [0.2, 0.25) is 0 Å². The number of hydrogen-bond acceptors (Lipinski definition) is 4. The molecule has 18 heavy (non-hydrogen) atoms. The smallest absolute Gasteiger partial charge is 0.297 e. The fourth-order valence-electron chi connectivity index (χ4n) is 3.11. The molecule has 100 valence electrons. The highest BCUT2D eigenvalue weighted by Crippen LogP contribution is 2.27. The number of oxazole rings is 1. The molecule has 2 unspecified atom stereocenters. The topological polar surface area (TPSA) is 32.5 Å². The van der Waals surface area contributed by atoms with Gasteiger partial charge < -0.3 is 9.32 Å². The molecule has 1 aromatic heterocycles. The Morgan fingerprint density at radius 1 is 1.44 bits per heavy atom. The van der Waals surface area contributed by atoms with E-state index >= 15 is 0 Å². The Bertz CT molecular complexity index is 409. The van der Waals surface area contributed by atoms with Gasteiger partial charge in [0.1, 0.15) is 6.26 Å². The molecule has 4 nitrogen and oxygen atoms in total. The summed E-state index contributed by atoms with van der Waals surface area (Å²) in [6, 6.07) is 1.87. The Morgan fingerprint density at radius 3 is 3.11 bits per heavy atom. The van der Waals surface area contributed by atoms with Crippen LogP contribution < -0.4 is 4.90 Å². The van der Waals surface area contributed by atoms with Gasteiger partial charge in [-0.2, -0.15) is 4.98 Å². The van der Waals surface area contributed by atoms with Crippen LogP contribution in [0.25, 0.3) is 0 Å². The Hall–Kier alpha value is -0.740. The van der Waals surface area contributed by atoms with E-state index in [1.54, 1.807) is 6.26 Å². The zero-order valence-electron chi connectivity index (χ0n) is 10.8. The molecule has 0 N–H and O–H groups in total. The van der Waals surface area contributed by atoms with Crippen LogP contribution in [0.15, 0.2) is 10.7 Å². The molecular weight excluding hydrogens is 250 g/mol. The number of fused-ring (bicyclic) bond motifs is 1. The summed E-state index contributed by atoms with van der Waals surface area (Å²) in [6.07, 6.45) is 5.66. The van der Waals surface area contributed by atoms with Crippen LogP contribution in [0.4, 0.5) is 6.01 Å². The molecule has 1 aromatic rings. The van der Waals surface area contributed by atoms with Crippen molar-refractivity contribution in [3.63, 3.8) is 0 Å². The molecule has 0 aliphatic carbocycles.